The molecule has 0 amide bonds. The van der Waals surface area contributed by atoms with Gasteiger partial charge in [-0.15, -0.1) is 11.3 Å². The Kier molecular flexibility index (Phi) is 7.50. The van der Waals surface area contributed by atoms with Crippen LogP contribution >= 0.6 is 11.3 Å². The zero-order valence-electron chi connectivity index (χ0n) is 17.5. The Bertz CT molecular complexity index is 1050. The second-order valence-electron chi connectivity index (χ2n) is 6.62. The molecule has 0 fully saturated rings. The second-order valence-corrected chi connectivity index (χ2v) is 7.60. The van der Waals surface area contributed by atoms with E-state index in [1.54, 1.807) is 44.8 Å². The van der Waals surface area contributed by atoms with Crippen LogP contribution in [0.3, 0.4) is 0 Å². The van der Waals surface area contributed by atoms with E-state index < -0.39 is 12.0 Å². The number of nitrogens with zero attached hydrogens (tertiary/aromatic N) is 2. The first-order valence-corrected chi connectivity index (χ1v) is 10.4. The molecule has 2 unspecified atom stereocenters. The third-order valence-corrected chi connectivity index (χ3v) is 5.62. The van der Waals surface area contributed by atoms with Gasteiger partial charge < -0.3 is 20.2 Å². The van der Waals surface area contributed by atoms with Crippen molar-refractivity contribution in [2.45, 2.75) is 12.0 Å². The number of ketones is 1. The van der Waals surface area contributed by atoms with Gasteiger partial charge in [-0.1, -0.05) is 12.1 Å². The highest BCUT2D eigenvalue weighted by Gasteiger charge is 2.30. The SMILES string of the molecule is CN=CC(C(=N)C(=O)C(Nc1cccc(OC)c1)c1ccc(OC)nc1)c1cccs1. The number of aromatic nitrogens is 1. The fraction of sp³-hybridized carbons (Fsp3) is 0.217. The maximum absolute atomic E-state index is 13.5. The van der Waals surface area contributed by atoms with E-state index in [1.807, 2.05) is 35.7 Å². The van der Waals surface area contributed by atoms with Crippen molar-refractivity contribution in [3.8, 4) is 11.6 Å². The lowest BCUT2D eigenvalue weighted by Crippen LogP contribution is -2.31. The van der Waals surface area contributed by atoms with Gasteiger partial charge in [-0.25, -0.2) is 4.98 Å². The highest BCUT2D eigenvalue weighted by Crippen LogP contribution is 2.28. The van der Waals surface area contributed by atoms with Crippen LogP contribution in [0, 0.1) is 5.41 Å². The molecule has 3 aromatic rings. The number of hydrogen-bond donors (Lipinski definition) is 2. The van der Waals surface area contributed by atoms with Crippen LogP contribution in [0.5, 0.6) is 11.6 Å². The smallest absolute Gasteiger partial charge is 0.212 e. The van der Waals surface area contributed by atoms with Crippen molar-refractivity contribution in [3.63, 3.8) is 0 Å². The van der Waals surface area contributed by atoms with Gasteiger partial charge in [0.15, 0.2) is 0 Å². The quantitative estimate of drug-likeness (QED) is 0.460. The predicted octanol–water partition coefficient (Wildman–Crippen LogP) is 4.39. The summed E-state index contributed by atoms with van der Waals surface area (Å²) in [5.41, 5.74) is 1.26. The zero-order chi connectivity index (χ0) is 22.2. The van der Waals surface area contributed by atoms with Crippen LogP contribution in [-0.4, -0.2) is 44.0 Å². The normalized spacial score (nSPS) is 12.9. The molecule has 2 heterocycles. The van der Waals surface area contributed by atoms with Gasteiger partial charge in [-0.05, 0) is 29.6 Å². The predicted molar refractivity (Wildman–Crippen MR) is 124 cm³/mol. The summed E-state index contributed by atoms with van der Waals surface area (Å²) in [5, 5.41) is 13.8. The van der Waals surface area contributed by atoms with Crippen LogP contribution in [-0.2, 0) is 4.79 Å². The van der Waals surface area contributed by atoms with Crippen molar-refractivity contribution in [3.05, 3.63) is 70.5 Å². The number of pyridine rings is 1. The summed E-state index contributed by atoms with van der Waals surface area (Å²) >= 11 is 1.49. The molecule has 2 atom stereocenters. The molecule has 0 bridgehead atoms. The molecular weight excluding hydrogens is 412 g/mol. The van der Waals surface area contributed by atoms with Crippen molar-refractivity contribution >= 4 is 34.7 Å². The first-order chi connectivity index (χ1) is 15.1. The number of Topliss-reactive ketones (excluding diaryl/α,β-unsaturated/α-hetero) is 1. The molecule has 1 aromatic carbocycles. The second kappa shape index (κ2) is 10.5. The molecule has 0 saturated heterocycles. The highest BCUT2D eigenvalue weighted by atomic mass is 32.1. The van der Waals surface area contributed by atoms with E-state index in [2.05, 4.69) is 15.3 Å². The third-order valence-electron chi connectivity index (χ3n) is 4.67. The number of ether oxygens (including phenoxy) is 2. The number of aliphatic imine (C=N–C) groups is 1. The monoisotopic (exact) mass is 436 g/mol. The van der Waals surface area contributed by atoms with Crippen LogP contribution in [0.15, 0.2) is 65.1 Å². The molecule has 0 aliphatic heterocycles. The lowest BCUT2D eigenvalue weighted by Gasteiger charge is -2.22. The van der Waals surface area contributed by atoms with Gasteiger partial charge in [0.1, 0.15) is 11.8 Å². The summed E-state index contributed by atoms with van der Waals surface area (Å²) in [6.45, 7) is 0. The van der Waals surface area contributed by atoms with E-state index in [4.69, 9.17) is 14.9 Å². The summed E-state index contributed by atoms with van der Waals surface area (Å²) in [4.78, 5) is 22.7. The van der Waals surface area contributed by atoms with E-state index in [1.165, 1.54) is 18.4 Å². The van der Waals surface area contributed by atoms with E-state index in [0.717, 1.165) is 4.88 Å². The minimum absolute atomic E-state index is 0.0516. The maximum atomic E-state index is 13.5. The summed E-state index contributed by atoms with van der Waals surface area (Å²) in [7, 11) is 4.75. The summed E-state index contributed by atoms with van der Waals surface area (Å²) in [6.07, 6.45) is 3.21. The highest BCUT2D eigenvalue weighted by molar-refractivity contribution is 7.10. The van der Waals surface area contributed by atoms with Gasteiger partial charge in [-0.2, -0.15) is 0 Å². The molecule has 0 spiro atoms. The third kappa shape index (κ3) is 5.35. The maximum Gasteiger partial charge on any atom is 0.212 e. The van der Waals surface area contributed by atoms with Crippen LogP contribution in [0.1, 0.15) is 22.4 Å². The first-order valence-electron chi connectivity index (χ1n) is 9.56. The minimum atomic E-state index is -0.814. The largest absolute Gasteiger partial charge is 0.497 e. The number of anilines is 1. The molecule has 8 heteroatoms. The Morgan fingerprint density at radius 2 is 2.03 bits per heavy atom. The number of thiophene rings is 1. The molecule has 3 rings (SSSR count). The van der Waals surface area contributed by atoms with Gasteiger partial charge in [-0.3, -0.25) is 9.79 Å². The van der Waals surface area contributed by atoms with E-state index in [0.29, 0.717) is 22.9 Å². The summed E-state index contributed by atoms with van der Waals surface area (Å²) < 4.78 is 10.4. The minimum Gasteiger partial charge on any atom is -0.497 e. The number of carbonyl (C=O) groups excluding carboxylic acids is 1. The summed E-state index contributed by atoms with van der Waals surface area (Å²) in [5.74, 6) is 0.223. The van der Waals surface area contributed by atoms with Gasteiger partial charge >= 0.3 is 0 Å². The molecule has 2 N–H and O–H groups in total. The summed E-state index contributed by atoms with van der Waals surface area (Å²) in [6, 6.07) is 13.7. The Labute approximate surface area is 185 Å². The van der Waals surface area contributed by atoms with Crippen molar-refractivity contribution in [2.75, 3.05) is 26.6 Å². The number of hydrogen-bond acceptors (Lipinski definition) is 8. The van der Waals surface area contributed by atoms with Gasteiger partial charge in [0, 0.05) is 47.7 Å². The molecular formula is C23H24N4O3S. The lowest BCUT2D eigenvalue weighted by atomic mass is 9.92. The average molecular weight is 437 g/mol. The topological polar surface area (TPSA) is 96.7 Å². The molecule has 0 saturated carbocycles. The number of benzene rings is 1. The van der Waals surface area contributed by atoms with Crippen molar-refractivity contribution in [2.24, 2.45) is 4.99 Å². The fourth-order valence-electron chi connectivity index (χ4n) is 3.08. The van der Waals surface area contributed by atoms with E-state index in [9.17, 15) is 4.79 Å². The molecule has 0 aliphatic rings. The number of methoxy groups -OCH3 is 2. The molecule has 0 aliphatic carbocycles. The van der Waals surface area contributed by atoms with Crippen LogP contribution in [0.25, 0.3) is 0 Å². The zero-order valence-corrected chi connectivity index (χ0v) is 18.3. The Morgan fingerprint density at radius 3 is 2.65 bits per heavy atom. The molecule has 7 nitrogen and oxygen atoms in total. The fourth-order valence-corrected chi connectivity index (χ4v) is 3.88. The van der Waals surface area contributed by atoms with E-state index in [-0.39, 0.29) is 11.5 Å². The molecule has 0 radical (unpaired) electrons. The van der Waals surface area contributed by atoms with Crippen molar-refractivity contribution in [1.82, 2.24) is 4.98 Å². The van der Waals surface area contributed by atoms with Crippen molar-refractivity contribution in [1.29, 1.82) is 5.41 Å². The van der Waals surface area contributed by atoms with Crippen LogP contribution in [0.2, 0.25) is 0 Å². The number of rotatable bonds is 10. The first kappa shape index (κ1) is 22.2. The van der Waals surface area contributed by atoms with Gasteiger partial charge in [0.25, 0.3) is 0 Å². The van der Waals surface area contributed by atoms with Crippen molar-refractivity contribution < 1.29 is 14.3 Å². The van der Waals surface area contributed by atoms with Gasteiger partial charge in [0.05, 0.1) is 25.8 Å². The molecule has 2 aromatic heterocycles. The Hall–Kier alpha value is -3.52. The van der Waals surface area contributed by atoms with Crippen LogP contribution in [0.4, 0.5) is 5.69 Å². The lowest BCUT2D eigenvalue weighted by molar-refractivity contribution is -0.113. The number of nitrogens with one attached hydrogen (secondary N) is 2. The molecule has 31 heavy (non-hydrogen) atoms. The van der Waals surface area contributed by atoms with E-state index >= 15 is 0 Å². The standard InChI is InChI=1S/C23H24N4O3S/c1-25-14-18(19-8-5-11-31-19)21(24)23(28)22(15-9-10-20(30-3)26-13-15)27-16-6-4-7-17(12-16)29-2/h4-14,18,22,24,27H,1-3H3. The van der Waals surface area contributed by atoms with Crippen LogP contribution < -0.4 is 14.8 Å². The Balaban J connectivity index is 1.97. The average Bonchev–Trinajstić information content (AvgIpc) is 3.35. The molecule has 160 valence electrons. The van der Waals surface area contributed by atoms with Gasteiger partial charge in [0.2, 0.25) is 11.7 Å². The number of carbonyl (C=O) groups is 1. The Morgan fingerprint density at radius 1 is 1.19 bits per heavy atom.